The number of rotatable bonds is 3. The Hall–Kier alpha value is -0.120. The van der Waals surface area contributed by atoms with Gasteiger partial charge in [0.05, 0.1) is 5.60 Å². The van der Waals surface area contributed by atoms with Crippen LogP contribution < -0.4 is 11.1 Å². The zero-order valence-electron chi connectivity index (χ0n) is 11.6. The minimum absolute atomic E-state index is 0.0329. The fourth-order valence-electron chi connectivity index (χ4n) is 3.60. The van der Waals surface area contributed by atoms with Crippen molar-refractivity contribution in [3.05, 3.63) is 0 Å². The topological polar surface area (TPSA) is 47.3 Å². The molecule has 1 aliphatic heterocycles. The van der Waals surface area contributed by atoms with Gasteiger partial charge in [0.2, 0.25) is 0 Å². The minimum atomic E-state index is -0.0329. The predicted molar refractivity (Wildman–Crippen MR) is 71.0 cm³/mol. The molecule has 1 heterocycles. The monoisotopic (exact) mass is 240 g/mol. The number of hydrogen-bond donors (Lipinski definition) is 2. The normalized spacial score (nSPS) is 41.6. The minimum Gasteiger partial charge on any atom is -0.375 e. The second kappa shape index (κ2) is 4.87. The van der Waals surface area contributed by atoms with Crippen molar-refractivity contribution in [3.63, 3.8) is 0 Å². The zero-order chi connectivity index (χ0) is 12.5. The van der Waals surface area contributed by atoms with Crippen LogP contribution in [0.4, 0.5) is 0 Å². The third-order valence-electron chi connectivity index (χ3n) is 4.43. The molecule has 0 aromatic rings. The lowest BCUT2D eigenvalue weighted by atomic mass is 9.80. The molecule has 100 valence electrons. The Bertz CT molecular complexity index is 267. The molecule has 3 unspecified atom stereocenters. The van der Waals surface area contributed by atoms with E-state index in [9.17, 15) is 0 Å². The van der Waals surface area contributed by atoms with E-state index in [4.69, 9.17) is 10.5 Å². The second-order valence-corrected chi connectivity index (χ2v) is 6.78. The van der Waals surface area contributed by atoms with E-state index in [1.54, 1.807) is 0 Å². The predicted octanol–water partition coefficient (Wildman–Crippen LogP) is 2.05. The van der Waals surface area contributed by atoms with Crippen LogP contribution in [0, 0.1) is 5.92 Å². The molecular weight excluding hydrogens is 212 g/mol. The van der Waals surface area contributed by atoms with Crippen molar-refractivity contribution in [2.45, 2.75) is 70.1 Å². The summed E-state index contributed by atoms with van der Waals surface area (Å²) in [7, 11) is 0. The molecule has 0 aromatic carbocycles. The zero-order valence-corrected chi connectivity index (χ0v) is 11.6. The second-order valence-electron chi connectivity index (χ2n) is 6.78. The Morgan fingerprint density at radius 1 is 1.35 bits per heavy atom. The standard InChI is InChI=1S/C14H28N2O/c1-11-4-5-12(8-11)16-14(10-15)6-7-17-13(2,3)9-14/h11-12,16H,4-10,15H2,1-3H3. The Labute approximate surface area is 105 Å². The summed E-state index contributed by atoms with van der Waals surface area (Å²) in [6.45, 7) is 8.26. The van der Waals surface area contributed by atoms with Gasteiger partial charge in [-0.1, -0.05) is 6.92 Å². The molecule has 0 bridgehead atoms. The summed E-state index contributed by atoms with van der Waals surface area (Å²) in [5.41, 5.74) is 6.13. The molecule has 3 N–H and O–H groups in total. The number of hydrogen-bond acceptors (Lipinski definition) is 3. The first-order valence-corrected chi connectivity index (χ1v) is 7.06. The molecule has 3 nitrogen and oxygen atoms in total. The molecule has 2 aliphatic rings. The molecule has 0 amide bonds. The summed E-state index contributed by atoms with van der Waals surface area (Å²) >= 11 is 0. The third-order valence-corrected chi connectivity index (χ3v) is 4.43. The lowest BCUT2D eigenvalue weighted by Crippen LogP contribution is -2.61. The van der Waals surface area contributed by atoms with E-state index in [0.717, 1.165) is 31.9 Å². The number of nitrogens with one attached hydrogen (secondary N) is 1. The fraction of sp³-hybridized carbons (Fsp3) is 1.00. The van der Waals surface area contributed by atoms with Gasteiger partial charge in [-0.3, -0.25) is 0 Å². The van der Waals surface area contributed by atoms with E-state index >= 15 is 0 Å². The van der Waals surface area contributed by atoms with Crippen molar-refractivity contribution >= 4 is 0 Å². The van der Waals surface area contributed by atoms with Gasteiger partial charge in [-0.15, -0.1) is 0 Å². The smallest absolute Gasteiger partial charge is 0.0644 e. The summed E-state index contributed by atoms with van der Waals surface area (Å²) in [4.78, 5) is 0. The Morgan fingerprint density at radius 3 is 2.65 bits per heavy atom. The molecule has 1 saturated heterocycles. The summed E-state index contributed by atoms with van der Waals surface area (Å²) in [5.74, 6) is 0.871. The van der Waals surface area contributed by atoms with Crippen molar-refractivity contribution in [1.82, 2.24) is 5.32 Å². The van der Waals surface area contributed by atoms with Gasteiger partial charge in [-0.05, 0) is 51.9 Å². The van der Waals surface area contributed by atoms with Gasteiger partial charge in [-0.25, -0.2) is 0 Å². The molecule has 2 fully saturated rings. The van der Waals surface area contributed by atoms with Crippen LogP contribution in [0.3, 0.4) is 0 Å². The van der Waals surface area contributed by atoms with Crippen LogP contribution in [0.5, 0.6) is 0 Å². The maximum Gasteiger partial charge on any atom is 0.0644 e. The van der Waals surface area contributed by atoms with Gasteiger partial charge in [-0.2, -0.15) is 0 Å². The van der Waals surface area contributed by atoms with E-state index in [2.05, 4.69) is 26.1 Å². The molecule has 1 aliphatic carbocycles. The van der Waals surface area contributed by atoms with E-state index < -0.39 is 0 Å². The first-order valence-electron chi connectivity index (χ1n) is 7.06. The lowest BCUT2D eigenvalue weighted by Gasteiger charge is -2.46. The first kappa shape index (κ1) is 13.3. The summed E-state index contributed by atoms with van der Waals surface area (Å²) in [6.07, 6.45) is 6.06. The highest BCUT2D eigenvalue weighted by atomic mass is 16.5. The summed E-state index contributed by atoms with van der Waals surface area (Å²) < 4.78 is 5.81. The van der Waals surface area contributed by atoms with Gasteiger partial charge in [0, 0.05) is 24.7 Å². The Balaban J connectivity index is 1.99. The quantitative estimate of drug-likeness (QED) is 0.794. The van der Waals surface area contributed by atoms with Crippen LogP contribution in [0.25, 0.3) is 0 Å². The highest BCUT2D eigenvalue weighted by Crippen LogP contribution is 2.34. The van der Waals surface area contributed by atoms with E-state index in [1.807, 2.05) is 0 Å². The summed E-state index contributed by atoms with van der Waals surface area (Å²) in [5, 5.41) is 3.86. The molecular formula is C14H28N2O. The van der Waals surface area contributed by atoms with Crippen LogP contribution in [-0.2, 0) is 4.74 Å². The molecule has 3 heteroatoms. The van der Waals surface area contributed by atoms with Gasteiger partial charge in [0.15, 0.2) is 0 Å². The highest BCUT2D eigenvalue weighted by Gasteiger charge is 2.41. The summed E-state index contributed by atoms with van der Waals surface area (Å²) in [6, 6.07) is 0.669. The maximum atomic E-state index is 6.05. The van der Waals surface area contributed by atoms with Crippen molar-refractivity contribution in [3.8, 4) is 0 Å². The van der Waals surface area contributed by atoms with Crippen LogP contribution >= 0.6 is 0 Å². The average Bonchev–Trinajstić information content (AvgIpc) is 2.62. The SMILES string of the molecule is CC1CCC(NC2(CN)CCOC(C)(C)C2)C1. The third kappa shape index (κ3) is 3.21. The van der Waals surface area contributed by atoms with Crippen LogP contribution in [-0.4, -0.2) is 30.3 Å². The first-order chi connectivity index (χ1) is 7.95. The van der Waals surface area contributed by atoms with Crippen LogP contribution in [0.15, 0.2) is 0 Å². The average molecular weight is 240 g/mol. The Kier molecular flexibility index (Phi) is 3.81. The molecule has 1 saturated carbocycles. The maximum absolute atomic E-state index is 6.05. The van der Waals surface area contributed by atoms with Crippen LogP contribution in [0.1, 0.15) is 52.9 Å². The fourth-order valence-corrected chi connectivity index (χ4v) is 3.60. The van der Waals surface area contributed by atoms with E-state index in [1.165, 1.54) is 19.3 Å². The molecule has 0 aromatic heterocycles. The van der Waals surface area contributed by atoms with Crippen LogP contribution in [0.2, 0.25) is 0 Å². The molecule has 3 atom stereocenters. The van der Waals surface area contributed by atoms with Gasteiger partial charge < -0.3 is 15.8 Å². The largest absolute Gasteiger partial charge is 0.375 e. The Morgan fingerprint density at radius 2 is 2.12 bits per heavy atom. The van der Waals surface area contributed by atoms with Crippen molar-refractivity contribution in [1.29, 1.82) is 0 Å². The van der Waals surface area contributed by atoms with Gasteiger partial charge >= 0.3 is 0 Å². The highest BCUT2D eigenvalue weighted by molar-refractivity contribution is 5.00. The molecule has 2 rings (SSSR count). The van der Waals surface area contributed by atoms with Crippen molar-refractivity contribution < 1.29 is 4.74 Å². The molecule has 17 heavy (non-hydrogen) atoms. The van der Waals surface area contributed by atoms with E-state index in [0.29, 0.717) is 6.04 Å². The van der Waals surface area contributed by atoms with Crippen molar-refractivity contribution in [2.24, 2.45) is 11.7 Å². The van der Waals surface area contributed by atoms with Gasteiger partial charge in [0.1, 0.15) is 0 Å². The number of ether oxygens (including phenoxy) is 1. The lowest BCUT2D eigenvalue weighted by molar-refractivity contribution is -0.0877. The molecule has 0 radical (unpaired) electrons. The van der Waals surface area contributed by atoms with E-state index in [-0.39, 0.29) is 11.1 Å². The van der Waals surface area contributed by atoms with Gasteiger partial charge in [0.25, 0.3) is 0 Å². The molecule has 0 spiro atoms. The number of nitrogens with two attached hydrogens (primary N) is 1. The van der Waals surface area contributed by atoms with Crippen molar-refractivity contribution in [2.75, 3.05) is 13.2 Å².